The molecule has 1 heterocycles. The number of piperidine rings is 1. The van der Waals surface area contributed by atoms with Gasteiger partial charge in [0, 0.05) is 45.7 Å². The van der Waals surface area contributed by atoms with Gasteiger partial charge in [-0.25, -0.2) is 4.99 Å². The Balaban J connectivity index is 0.00000625. The quantitative estimate of drug-likeness (QED) is 0.330. The fourth-order valence-corrected chi connectivity index (χ4v) is 2.94. The van der Waals surface area contributed by atoms with Gasteiger partial charge in [0.1, 0.15) is 6.54 Å². The molecule has 2 N–H and O–H groups in total. The molecule has 152 valence electrons. The standard InChI is InChI=1S/C18H35N5O2.HI/c1-6-14(7-2)17(25)23-11-9-15(10-12-23)21-18(19-8-3)20-13-16(24)22(4)5;/h14-15H,6-13H2,1-5H3,(H2,19,20,21);1H. The molecule has 1 fully saturated rings. The summed E-state index contributed by atoms with van der Waals surface area (Å²) in [6.07, 6.45) is 3.62. The summed E-state index contributed by atoms with van der Waals surface area (Å²) in [5.74, 6) is 1.09. The molecule has 2 amide bonds. The number of halogens is 1. The number of guanidine groups is 1. The van der Waals surface area contributed by atoms with E-state index in [1.807, 2.05) is 11.8 Å². The lowest BCUT2D eigenvalue weighted by atomic mass is 9.98. The van der Waals surface area contributed by atoms with E-state index in [0.717, 1.165) is 45.3 Å². The number of rotatable bonds is 7. The highest BCUT2D eigenvalue weighted by Crippen LogP contribution is 2.17. The van der Waals surface area contributed by atoms with Crippen LogP contribution in [0.25, 0.3) is 0 Å². The van der Waals surface area contributed by atoms with Crippen molar-refractivity contribution in [3.63, 3.8) is 0 Å². The van der Waals surface area contributed by atoms with Gasteiger partial charge in [0.15, 0.2) is 5.96 Å². The normalized spacial score (nSPS) is 15.5. The van der Waals surface area contributed by atoms with Crippen LogP contribution in [-0.4, -0.2) is 73.9 Å². The molecule has 7 nitrogen and oxygen atoms in total. The second kappa shape index (κ2) is 13.2. The minimum atomic E-state index is -0.0252. The van der Waals surface area contributed by atoms with Crippen molar-refractivity contribution in [2.75, 3.05) is 40.3 Å². The Bertz CT molecular complexity index is 458. The average Bonchev–Trinajstić information content (AvgIpc) is 2.61. The fraction of sp³-hybridized carbons (Fsp3) is 0.833. The molecule has 0 aromatic heterocycles. The van der Waals surface area contributed by atoms with Crippen molar-refractivity contribution in [3.8, 4) is 0 Å². The molecule has 0 spiro atoms. The van der Waals surface area contributed by atoms with Gasteiger partial charge in [-0.05, 0) is 32.6 Å². The van der Waals surface area contributed by atoms with Crippen molar-refractivity contribution < 1.29 is 9.59 Å². The Morgan fingerprint density at radius 1 is 1.15 bits per heavy atom. The molecule has 0 aliphatic carbocycles. The first-order chi connectivity index (χ1) is 11.9. The minimum Gasteiger partial charge on any atom is -0.357 e. The zero-order valence-corrected chi connectivity index (χ0v) is 19.2. The molecule has 26 heavy (non-hydrogen) atoms. The van der Waals surface area contributed by atoms with Gasteiger partial charge in [-0.3, -0.25) is 9.59 Å². The molecule has 0 bridgehead atoms. The van der Waals surface area contributed by atoms with Crippen LogP contribution >= 0.6 is 24.0 Å². The number of aliphatic imine (C=N–C) groups is 1. The third kappa shape index (κ3) is 8.09. The maximum Gasteiger partial charge on any atom is 0.243 e. The van der Waals surface area contributed by atoms with Gasteiger partial charge in [0.2, 0.25) is 11.8 Å². The number of nitrogens with zero attached hydrogens (tertiary/aromatic N) is 3. The topological polar surface area (TPSA) is 77.0 Å². The summed E-state index contributed by atoms with van der Waals surface area (Å²) < 4.78 is 0. The van der Waals surface area contributed by atoms with Crippen LogP contribution in [0.3, 0.4) is 0 Å². The lowest BCUT2D eigenvalue weighted by molar-refractivity contribution is -0.136. The van der Waals surface area contributed by atoms with E-state index in [9.17, 15) is 9.59 Å². The van der Waals surface area contributed by atoms with Crippen molar-refractivity contribution >= 4 is 41.8 Å². The van der Waals surface area contributed by atoms with Crippen LogP contribution < -0.4 is 10.6 Å². The van der Waals surface area contributed by atoms with Crippen LogP contribution in [0.5, 0.6) is 0 Å². The van der Waals surface area contributed by atoms with Crippen LogP contribution in [0.4, 0.5) is 0 Å². The number of hydrogen-bond acceptors (Lipinski definition) is 3. The maximum atomic E-state index is 12.5. The van der Waals surface area contributed by atoms with Crippen LogP contribution in [0, 0.1) is 5.92 Å². The van der Waals surface area contributed by atoms with E-state index in [0.29, 0.717) is 11.9 Å². The number of carbonyl (C=O) groups excluding carboxylic acids is 2. The van der Waals surface area contributed by atoms with Gasteiger partial charge in [-0.1, -0.05) is 13.8 Å². The van der Waals surface area contributed by atoms with Gasteiger partial charge in [0.25, 0.3) is 0 Å². The molecular formula is C18H36IN5O2. The van der Waals surface area contributed by atoms with Crippen molar-refractivity contribution in [1.82, 2.24) is 20.4 Å². The number of likely N-dealkylation sites (tertiary alicyclic amines) is 1. The van der Waals surface area contributed by atoms with Crippen LogP contribution in [0.1, 0.15) is 46.5 Å². The Hall–Kier alpha value is -1.06. The largest absolute Gasteiger partial charge is 0.357 e. The molecule has 0 radical (unpaired) electrons. The molecule has 1 rings (SSSR count). The zero-order valence-electron chi connectivity index (χ0n) is 16.9. The summed E-state index contributed by atoms with van der Waals surface area (Å²) in [5.41, 5.74) is 0. The maximum absolute atomic E-state index is 12.5. The minimum absolute atomic E-state index is 0. The Morgan fingerprint density at radius 3 is 2.19 bits per heavy atom. The van der Waals surface area contributed by atoms with E-state index in [4.69, 9.17) is 0 Å². The monoisotopic (exact) mass is 481 g/mol. The molecule has 0 unspecified atom stereocenters. The second-order valence-electron chi connectivity index (χ2n) is 6.74. The molecule has 0 atom stereocenters. The van der Waals surface area contributed by atoms with Crippen molar-refractivity contribution in [2.24, 2.45) is 10.9 Å². The molecule has 8 heteroatoms. The predicted octanol–water partition coefficient (Wildman–Crippen LogP) is 1.67. The smallest absolute Gasteiger partial charge is 0.243 e. The Morgan fingerprint density at radius 2 is 1.73 bits per heavy atom. The molecule has 1 aliphatic heterocycles. The molecule has 1 aliphatic rings. The van der Waals surface area contributed by atoms with E-state index in [1.165, 1.54) is 4.90 Å². The molecule has 1 saturated heterocycles. The highest BCUT2D eigenvalue weighted by atomic mass is 127. The molecule has 0 saturated carbocycles. The van der Waals surface area contributed by atoms with Gasteiger partial charge < -0.3 is 20.4 Å². The van der Waals surface area contributed by atoms with Gasteiger partial charge in [-0.15, -0.1) is 24.0 Å². The molecular weight excluding hydrogens is 445 g/mol. The second-order valence-corrected chi connectivity index (χ2v) is 6.74. The van der Waals surface area contributed by atoms with E-state index in [2.05, 4.69) is 29.5 Å². The first kappa shape index (κ1) is 24.9. The van der Waals surface area contributed by atoms with E-state index >= 15 is 0 Å². The van der Waals surface area contributed by atoms with E-state index in [1.54, 1.807) is 14.1 Å². The first-order valence-corrected chi connectivity index (χ1v) is 9.46. The summed E-state index contributed by atoms with van der Waals surface area (Å²) in [4.78, 5) is 32.1. The average molecular weight is 481 g/mol. The number of hydrogen-bond donors (Lipinski definition) is 2. The third-order valence-electron chi connectivity index (χ3n) is 4.70. The van der Waals surface area contributed by atoms with E-state index < -0.39 is 0 Å². The SMILES string of the molecule is CCNC(=NCC(=O)N(C)C)NC1CCN(C(=O)C(CC)CC)CC1.I. The highest BCUT2D eigenvalue weighted by molar-refractivity contribution is 14.0. The van der Waals surface area contributed by atoms with Crippen LogP contribution in [-0.2, 0) is 9.59 Å². The zero-order chi connectivity index (χ0) is 18.8. The van der Waals surface area contributed by atoms with Crippen molar-refractivity contribution in [3.05, 3.63) is 0 Å². The summed E-state index contributed by atoms with van der Waals surface area (Å²) in [6.45, 7) is 8.60. The summed E-state index contributed by atoms with van der Waals surface area (Å²) in [6, 6.07) is 0.276. The lowest BCUT2D eigenvalue weighted by Crippen LogP contribution is -2.50. The van der Waals surface area contributed by atoms with Gasteiger partial charge in [-0.2, -0.15) is 0 Å². The number of carbonyl (C=O) groups is 2. The van der Waals surface area contributed by atoms with Crippen molar-refractivity contribution in [1.29, 1.82) is 0 Å². The Labute approximate surface area is 175 Å². The van der Waals surface area contributed by atoms with Crippen LogP contribution in [0.2, 0.25) is 0 Å². The predicted molar refractivity (Wildman–Crippen MR) is 117 cm³/mol. The van der Waals surface area contributed by atoms with Crippen LogP contribution in [0.15, 0.2) is 4.99 Å². The summed E-state index contributed by atoms with van der Waals surface area (Å²) in [7, 11) is 3.45. The molecule has 0 aromatic rings. The Kier molecular flexibility index (Phi) is 12.6. The number of amides is 2. The van der Waals surface area contributed by atoms with E-state index in [-0.39, 0.29) is 48.4 Å². The summed E-state index contributed by atoms with van der Waals surface area (Å²) in [5, 5.41) is 6.58. The highest BCUT2D eigenvalue weighted by Gasteiger charge is 2.26. The number of nitrogens with one attached hydrogen (secondary N) is 2. The van der Waals surface area contributed by atoms with Gasteiger partial charge >= 0.3 is 0 Å². The number of likely N-dealkylation sites (N-methyl/N-ethyl adjacent to an activating group) is 1. The fourth-order valence-electron chi connectivity index (χ4n) is 2.94. The summed E-state index contributed by atoms with van der Waals surface area (Å²) >= 11 is 0. The van der Waals surface area contributed by atoms with Gasteiger partial charge in [0.05, 0.1) is 0 Å². The first-order valence-electron chi connectivity index (χ1n) is 9.46. The molecule has 0 aromatic carbocycles. The lowest BCUT2D eigenvalue weighted by Gasteiger charge is -2.34. The van der Waals surface area contributed by atoms with Crippen molar-refractivity contribution in [2.45, 2.75) is 52.5 Å². The third-order valence-corrected chi connectivity index (χ3v) is 4.70.